The van der Waals surface area contributed by atoms with E-state index < -0.39 is 10.0 Å². The highest BCUT2D eigenvalue weighted by Crippen LogP contribution is 2.17. The van der Waals surface area contributed by atoms with Gasteiger partial charge >= 0.3 is 0 Å². The molecule has 0 bridgehead atoms. The van der Waals surface area contributed by atoms with Crippen LogP contribution in [0.2, 0.25) is 0 Å². The van der Waals surface area contributed by atoms with Gasteiger partial charge in [0.25, 0.3) is 0 Å². The molecule has 0 amide bonds. The fourth-order valence-electron chi connectivity index (χ4n) is 3.06. The van der Waals surface area contributed by atoms with Crippen molar-refractivity contribution in [3.05, 3.63) is 46.3 Å². The first-order valence-electron chi connectivity index (χ1n) is 10.4. The van der Waals surface area contributed by atoms with E-state index in [0.29, 0.717) is 30.5 Å². The van der Waals surface area contributed by atoms with Gasteiger partial charge in [-0.1, -0.05) is 31.1 Å². The summed E-state index contributed by atoms with van der Waals surface area (Å²) in [5.74, 6) is 1.47. The van der Waals surface area contributed by atoms with Gasteiger partial charge in [0.05, 0.1) is 17.1 Å². The fourth-order valence-corrected chi connectivity index (χ4v) is 4.42. The van der Waals surface area contributed by atoms with E-state index >= 15 is 0 Å². The summed E-state index contributed by atoms with van der Waals surface area (Å²) in [6.07, 6.45) is 1.56. The van der Waals surface area contributed by atoms with Crippen LogP contribution in [0.4, 0.5) is 0 Å². The van der Waals surface area contributed by atoms with Gasteiger partial charge in [-0.3, -0.25) is 0 Å². The number of aliphatic imine (C=N–C) groups is 1. The Labute approximate surface area is 179 Å². The van der Waals surface area contributed by atoms with Crippen LogP contribution < -0.4 is 15.4 Å². The Morgan fingerprint density at radius 2 is 1.87 bits per heavy atom. The van der Waals surface area contributed by atoms with Gasteiger partial charge in [0.2, 0.25) is 10.0 Å². The molecule has 1 aromatic heterocycles. The lowest BCUT2D eigenvalue weighted by molar-refractivity contribution is 0.380. The number of rotatable bonds is 10. The van der Waals surface area contributed by atoms with E-state index in [1.807, 2.05) is 39.8 Å². The molecular formula is C21H33N5O3S. The predicted molar refractivity (Wildman–Crippen MR) is 119 cm³/mol. The van der Waals surface area contributed by atoms with E-state index in [1.54, 1.807) is 13.0 Å². The predicted octanol–water partition coefficient (Wildman–Crippen LogP) is 2.45. The molecule has 0 aliphatic rings. The van der Waals surface area contributed by atoms with E-state index in [0.717, 1.165) is 41.0 Å². The Bertz CT molecular complexity index is 946. The Hall–Kier alpha value is -2.39. The number of hydrogen-bond donors (Lipinski definition) is 3. The van der Waals surface area contributed by atoms with Crippen molar-refractivity contribution >= 4 is 16.0 Å². The summed E-state index contributed by atoms with van der Waals surface area (Å²) in [4.78, 5) is 4.92. The van der Waals surface area contributed by atoms with E-state index in [9.17, 15) is 8.42 Å². The lowest BCUT2D eigenvalue weighted by atomic mass is 10.1. The number of sulfonamides is 1. The average molecular weight is 436 g/mol. The van der Waals surface area contributed by atoms with Crippen LogP contribution in [-0.4, -0.2) is 39.2 Å². The van der Waals surface area contributed by atoms with Crippen molar-refractivity contribution in [2.24, 2.45) is 4.99 Å². The van der Waals surface area contributed by atoms with Gasteiger partial charge in [0.15, 0.2) is 5.96 Å². The number of benzene rings is 1. The second-order valence-corrected chi connectivity index (χ2v) is 8.76. The maximum absolute atomic E-state index is 12.6. The second-order valence-electron chi connectivity index (χ2n) is 7.03. The molecule has 0 unspecified atom stereocenters. The molecule has 0 aliphatic heterocycles. The average Bonchev–Trinajstić information content (AvgIpc) is 3.12. The number of nitrogens with one attached hydrogen (secondary N) is 3. The summed E-state index contributed by atoms with van der Waals surface area (Å²) in [5, 5.41) is 10.5. The van der Waals surface area contributed by atoms with Gasteiger partial charge in [-0.15, -0.1) is 0 Å². The van der Waals surface area contributed by atoms with E-state index in [4.69, 9.17) is 4.52 Å². The van der Waals surface area contributed by atoms with Gasteiger partial charge in [-0.25, -0.2) is 18.1 Å². The molecule has 0 saturated heterocycles. The van der Waals surface area contributed by atoms with Crippen molar-refractivity contribution in [3.63, 3.8) is 0 Å². The maximum Gasteiger partial charge on any atom is 0.240 e. The molecule has 2 rings (SSSR count). The van der Waals surface area contributed by atoms with E-state index in [1.165, 1.54) is 0 Å². The largest absolute Gasteiger partial charge is 0.361 e. The first-order valence-corrected chi connectivity index (χ1v) is 11.9. The van der Waals surface area contributed by atoms with E-state index in [-0.39, 0.29) is 6.54 Å². The van der Waals surface area contributed by atoms with Crippen LogP contribution in [0, 0.1) is 13.8 Å². The molecule has 3 N–H and O–H groups in total. The molecule has 1 aromatic carbocycles. The van der Waals surface area contributed by atoms with Crippen LogP contribution in [0.1, 0.15) is 48.9 Å². The Morgan fingerprint density at radius 1 is 1.10 bits per heavy atom. The summed E-state index contributed by atoms with van der Waals surface area (Å²) in [6.45, 7) is 11.5. The van der Waals surface area contributed by atoms with Crippen molar-refractivity contribution < 1.29 is 12.9 Å². The van der Waals surface area contributed by atoms with Gasteiger partial charge < -0.3 is 15.2 Å². The number of hydrogen-bond acceptors (Lipinski definition) is 5. The third-order valence-corrected chi connectivity index (χ3v) is 6.29. The molecule has 30 heavy (non-hydrogen) atoms. The molecule has 0 spiro atoms. The highest BCUT2D eigenvalue weighted by molar-refractivity contribution is 7.89. The fraction of sp³-hybridized carbons (Fsp3) is 0.524. The van der Waals surface area contributed by atoms with Gasteiger partial charge in [0, 0.05) is 31.6 Å². The number of guanidine groups is 1. The minimum atomic E-state index is -3.56. The summed E-state index contributed by atoms with van der Waals surface area (Å²) in [5.41, 5.74) is 3.58. The summed E-state index contributed by atoms with van der Waals surface area (Å²) in [7, 11) is -3.56. The SMILES string of the molecule is CCNC(=NCc1c(CC)noc1CC)NCCNS(=O)(=O)c1cc(C)ccc1C. The molecule has 9 heteroatoms. The first-order chi connectivity index (χ1) is 14.3. The monoisotopic (exact) mass is 435 g/mol. The van der Waals surface area contributed by atoms with E-state index in [2.05, 4.69) is 25.5 Å². The maximum atomic E-state index is 12.6. The first kappa shape index (κ1) is 23.9. The highest BCUT2D eigenvalue weighted by Gasteiger charge is 2.16. The topological polar surface area (TPSA) is 109 Å². The zero-order valence-electron chi connectivity index (χ0n) is 18.5. The van der Waals surface area contributed by atoms with Crippen LogP contribution in [0.25, 0.3) is 0 Å². The summed E-state index contributed by atoms with van der Waals surface area (Å²) < 4.78 is 33.2. The normalized spacial score (nSPS) is 12.2. The van der Waals surface area contributed by atoms with Crippen molar-refractivity contribution in [2.75, 3.05) is 19.6 Å². The lowest BCUT2D eigenvalue weighted by Crippen LogP contribution is -2.41. The van der Waals surface area contributed by atoms with Gasteiger partial charge in [-0.2, -0.15) is 0 Å². The Morgan fingerprint density at radius 3 is 2.53 bits per heavy atom. The highest BCUT2D eigenvalue weighted by atomic mass is 32.2. The second kappa shape index (κ2) is 11.1. The zero-order chi connectivity index (χ0) is 22.1. The molecule has 1 heterocycles. The molecular weight excluding hydrogens is 402 g/mol. The van der Waals surface area contributed by atoms with Crippen LogP contribution in [-0.2, 0) is 29.4 Å². The Balaban J connectivity index is 1.97. The minimum Gasteiger partial charge on any atom is -0.361 e. The van der Waals surface area contributed by atoms with Crippen LogP contribution >= 0.6 is 0 Å². The molecule has 0 saturated carbocycles. The number of aromatic nitrogens is 1. The van der Waals surface area contributed by atoms with Crippen molar-refractivity contribution in [2.45, 2.75) is 58.9 Å². The van der Waals surface area contributed by atoms with Crippen molar-refractivity contribution in [3.8, 4) is 0 Å². The van der Waals surface area contributed by atoms with Crippen molar-refractivity contribution in [1.29, 1.82) is 0 Å². The summed E-state index contributed by atoms with van der Waals surface area (Å²) in [6, 6.07) is 5.41. The van der Waals surface area contributed by atoms with Crippen molar-refractivity contribution in [1.82, 2.24) is 20.5 Å². The van der Waals surface area contributed by atoms with Gasteiger partial charge in [-0.05, 0) is 44.4 Å². The molecule has 0 fully saturated rings. The lowest BCUT2D eigenvalue weighted by Gasteiger charge is -2.13. The summed E-state index contributed by atoms with van der Waals surface area (Å²) >= 11 is 0. The molecule has 8 nitrogen and oxygen atoms in total. The Kier molecular flexibility index (Phi) is 8.86. The van der Waals surface area contributed by atoms with Crippen LogP contribution in [0.15, 0.2) is 32.6 Å². The number of nitrogens with zero attached hydrogens (tertiary/aromatic N) is 2. The smallest absolute Gasteiger partial charge is 0.240 e. The zero-order valence-corrected chi connectivity index (χ0v) is 19.3. The molecule has 0 radical (unpaired) electrons. The minimum absolute atomic E-state index is 0.244. The van der Waals surface area contributed by atoms with Crippen LogP contribution in [0.5, 0.6) is 0 Å². The third-order valence-electron chi connectivity index (χ3n) is 4.69. The molecule has 0 atom stereocenters. The van der Waals surface area contributed by atoms with Crippen LogP contribution in [0.3, 0.4) is 0 Å². The molecule has 2 aromatic rings. The quantitative estimate of drug-likeness (QED) is 0.300. The standard InChI is InChI=1S/C21H33N5O3S/c1-6-18-17(19(7-2)29-26-18)14-24-21(22-8-3)23-11-12-25-30(27,28)20-13-15(4)9-10-16(20)5/h9-10,13,25H,6-8,11-12,14H2,1-5H3,(H2,22,23,24). The number of aryl methyl sites for hydroxylation is 4. The van der Waals surface area contributed by atoms with Gasteiger partial charge in [0.1, 0.15) is 5.76 Å². The molecule has 0 aliphatic carbocycles. The molecule has 166 valence electrons. The third kappa shape index (κ3) is 6.30.